The van der Waals surface area contributed by atoms with Gasteiger partial charge in [0.1, 0.15) is 17.5 Å². The molecular weight excluding hydrogens is 418 g/mol. The standard InChI is InChI=1S/C19H15F4N7O/c20-12-3-2-10(19(21,22)23)7-13(12)27-18(31)28-14-4-1-9(8-26-14)11-5-6-25-17-15(11)16(24)29-30-17/h1-8,18,27,31H,(H,26,28)(H3,24,25,29,30). The summed E-state index contributed by atoms with van der Waals surface area (Å²) >= 11 is 0. The Morgan fingerprint density at radius 3 is 2.58 bits per heavy atom. The zero-order chi connectivity index (χ0) is 22.2. The third-order valence-corrected chi connectivity index (χ3v) is 4.43. The summed E-state index contributed by atoms with van der Waals surface area (Å²) in [5.74, 6) is -0.402. The summed E-state index contributed by atoms with van der Waals surface area (Å²) in [6.45, 7) is 0. The zero-order valence-electron chi connectivity index (χ0n) is 15.6. The topological polar surface area (TPSA) is 125 Å². The summed E-state index contributed by atoms with van der Waals surface area (Å²) in [7, 11) is 0. The van der Waals surface area contributed by atoms with E-state index in [0.29, 0.717) is 40.6 Å². The van der Waals surface area contributed by atoms with Crippen molar-refractivity contribution < 1.29 is 22.7 Å². The molecule has 1 atom stereocenters. The monoisotopic (exact) mass is 433 g/mol. The van der Waals surface area contributed by atoms with Gasteiger partial charge in [0.2, 0.25) is 6.35 Å². The molecule has 31 heavy (non-hydrogen) atoms. The van der Waals surface area contributed by atoms with Gasteiger partial charge in [0, 0.05) is 18.0 Å². The van der Waals surface area contributed by atoms with Crippen LogP contribution in [0.2, 0.25) is 0 Å². The molecule has 160 valence electrons. The van der Waals surface area contributed by atoms with Crippen LogP contribution in [0.3, 0.4) is 0 Å². The zero-order valence-corrected chi connectivity index (χ0v) is 15.6. The fraction of sp³-hybridized carbons (Fsp3) is 0.105. The number of hydrogen-bond acceptors (Lipinski definition) is 7. The predicted molar refractivity (Wildman–Crippen MR) is 106 cm³/mol. The minimum absolute atomic E-state index is 0.196. The predicted octanol–water partition coefficient (Wildman–Crippen LogP) is 3.56. The number of aliphatic hydroxyl groups excluding tert-OH is 1. The van der Waals surface area contributed by atoms with Gasteiger partial charge in [0.15, 0.2) is 5.65 Å². The highest BCUT2D eigenvalue weighted by molar-refractivity contribution is 5.99. The van der Waals surface area contributed by atoms with Crippen molar-refractivity contribution in [1.29, 1.82) is 0 Å². The van der Waals surface area contributed by atoms with Crippen LogP contribution in [0.25, 0.3) is 22.2 Å². The Bertz CT molecular complexity index is 1220. The van der Waals surface area contributed by atoms with Gasteiger partial charge in [-0.2, -0.15) is 18.3 Å². The van der Waals surface area contributed by atoms with E-state index in [4.69, 9.17) is 5.73 Å². The number of anilines is 3. The van der Waals surface area contributed by atoms with Gasteiger partial charge in [-0.05, 0) is 42.0 Å². The van der Waals surface area contributed by atoms with E-state index in [1.807, 2.05) is 0 Å². The number of alkyl halides is 3. The molecule has 4 aromatic rings. The van der Waals surface area contributed by atoms with Crippen molar-refractivity contribution in [3.63, 3.8) is 0 Å². The number of pyridine rings is 2. The molecule has 1 aromatic carbocycles. The maximum absolute atomic E-state index is 13.8. The molecule has 0 radical (unpaired) electrons. The number of aromatic nitrogens is 4. The Kier molecular flexibility index (Phi) is 5.07. The molecule has 0 fully saturated rings. The van der Waals surface area contributed by atoms with Crippen molar-refractivity contribution >= 4 is 28.4 Å². The van der Waals surface area contributed by atoms with Gasteiger partial charge >= 0.3 is 6.18 Å². The van der Waals surface area contributed by atoms with Gasteiger partial charge in [-0.3, -0.25) is 5.10 Å². The van der Waals surface area contributed by atoms with Crippen molar-refractivity contribution in [3.8, 4) is 11.1 Å². The maximum Gasteiger partial charge on any atom is 0.416 e. The van der Waals surface area contributed by atoms with E-state index in [9.17, 15) is 22.7 Å². The molecule has 0 aliphatic heterocycles. The number of rotatable bonds is 5. The van der Waals surface area contributed by atoms with Crippen LogP contribution in [0.5, 0.6) is 0 Å². The van der Waals surface area contributed by atoms with Crippen molar-refractivity contribution in [3.05, 3.63) is 60.2 Å². The van der Waals surface area contributed by atoms with E-state index in [-0.39, 0.29) is 5.82 Å². The van der Waals surface area contributed by atoms with Crippen LogP contribution < -0.4 is 16.4 Å². The van der Waals surface area contributed by atoms with Crippen molar-refractivity contribution in [1.82, 2.24) is 20.2 Å². The first-order valence-electron chi connectivity index (χ1n) is 8.85. The lowest BCUT2D eigenvalue weighted by atomic mass is 10.1. The van der Waals surface area contributed by atoms with Gasteiger partial charge in [0.05, 0.1) is 16.6 Å². The first-order chi connectivity index (χ1) is 14.7. The van der Waals surface area contributed by atoms with Crippen LogP contribution in [-0.2, 0) is 6.18 Å². The molecule has 0 bridgehead atoms. The van der Waals surface area contributed by atoms with E-state index < -0.39 is 29.6 Å². The molecule has 0 spiro atoms. The lowest BCUT2D eigenvalue weighted by Gasteiger charge is -2.18. The molecule has 0 aliphatic rings. The fourth-order valence-electron chi connectivity index (χ4n) is 2.98. The largest absolute Gasteiger partial charge is 0.416 e. The molecule has 3 aromatic heterocycles. The first kappa shape index (κ1) is 20.3. The number of aliphatic hydroxyl groups is 1. The van der Waals surface area contributed by atoms with Gasteiger partial charge in [-0.1, -0.05) is 0 Å². The molecule has 6 N–H and O–H groups in total. The maximum atomic E-state index is 13.8. The van der Waals surface area contributed by atoms with Crippen LogP contribution in [0.15, 0.2) is 48.8 Å². The summed E-state index contributed by atoms with van der Waals surface area (Å²) in [4.78, 5) is 8.28. The van der Waals surface area contributed by atoms with Crippen molar-refractivity contribution in [2.24, 2.45) is 0 Å². The van der Waals surface area contributed by atoms with Gasteiger partial charge in [0.25, 0.3) is 0 Å². The Labute approximate surface area is 172 Å². The van der Waals surface area contributed by atoms with E-state index in [1.54, 1.807) is 18.3 Å². The molecule has 0 saturated carbocycles. The fourth-order valence-corrected chi connectivity index (χ4v) is 2.98. The van der Waals surface area contributed by atoms with Gasteiger partial charge in [-0.15, -0.1) is 0 Å². The van der Waals surface area contributed by atoms with Crippen LogP contribution >= 0.6 is 0 Å². The number of halogens is 4. The second-order valence-electron chi connectivity index (χ2n) is 6.51. The molecule has 0 amide bonds. The molecule has 3 heterocycles. The molecule has 0 aliphatic carbocycles. The smallest absolute Gasteiger partial charge is 0.383 e. The Hall–Kier alpha value is -3.93. The van der Waals surface area contributed by atoms with Crippen LogP contribution in [0.1, 0.15) is 5.56 Å². The summed E-state index contributed by atoms with van der Waals surface area (Å²) in [6.07, 6.45) is -3.17. The number of nitrogens with zero attached hydrogens (tertiary/aromatic N) is 3. The summed E-state index contributed by atoms with van der Waals surface area (Å²) in [6, 6.07) is 6.82. The number of nitrogens with two attached hydrogens (primary N) is 1. The van der Waals surface area contributed by atoms with E-state index in [0.717, 1.165) is 5.56 Å². The average molecular weight is 433 g/mol. The Morgan fingerprint density at radius 1 is 1.06 bits per heavy atom. The summed E-state index contributed by atoms with van der Waals surface area (Å²) in [5.41, 5.74) is 6.21. The van der Waals surface area contributed by atoms with E-state index in [1.165, 1.54) is 12.3 Å². The normalized spacial score (nSPS) is 12.7. The second-order valence-corrected chi connectivity index (χ2v) is 6.51. The number of nitrogen functional groups attached to an aromatic ring is 1. The SMILES string of the molecule is Nc1[nH]nc2nccc(-c3ccc(NC(O)Nc4cc(C(F)(F)F)ccc4F)nc3)c12. The molecule has 0 saturated heterocycles. The molecule has 4 rings (SSSR count). The molecule has 1 unspecified atom stereocenters. The quantitative estimate of drug-likeness (QED) is 0.241. The minimum atomic E-state index is -4.64. The average Bonchev–Trinajstić information content (AvgIpc) is 3.10. The number of benzene rings is 1. The second kappa shape index (κ2) is 7.72. The number of fused-ring (bicyclic) bond motifs is 1. The highest BCUT2D eigenvalue weighted by Gasteiger charge is 2.31. The van der Waals surface area contributed by atoms with Gasteiger partial charge in [-0.25, -0.2) is 14.4 Å². The lowest BCUT2D eigenvalue weighted by Crippen LogP contribution is -2.29. The van der Waals surface area contributed by atoms with Gasteiger partial charge < -0.3 is 21.5 Å². The summed E-state index contributed by atoms with van der Waals surface area (Å²) in [5, 5.41) is 22.1. The van der Waals surface area contributed by atoms with Crippen LogP contribution in [-0.4, -0.2) is 31.6 Å². The Balaban J connectivity index is 1.50. The molecule has 8 nitrogen and oxygen atoms in total. The van der Waals surface area contributed by atoms with E-state index >= 15 is 0 Å². The highest BCUT2D eigenvalue weighted by Crippen LogP contribution is 2.32. The molecule has 12 heteroatoms. The molecular formula is C19H15F4N7O. The minimum Gasteiger partial charge on any atom is -0.383 e. The van der Waals surface area contributed by atoms with E-state index in [2.05, 4.69) is 30.8 Å². The van der Waals surface area contributed by atoms with Crippen LogP contribution in [0.4, 0.5) is 34.9 Å². The first-order valence-corrected chi connectivity index (χ1v) is 8.85. The van der Waals surface area contributed by atoms with Crippen LogP contribution in [0, 0.1) is 5.82 Å². The Morgan fingerprint density at radius 2 is 1.87 bits per heavy atom. The lowest BCUT2D eigenvalue weighted by molar-refractivity contribution is -0.137. The number of H-pyrrole nitrogens is 1. The number of nitrogens with one attached hydrogen (secondary N) is 3. The third-order valence-electron chi connectivity index (χ3n) is 4.43. The highest BCUT2D eigenvalue weighted by atomic mass is 19.4. The number of aromatic amines is 1. The van der Waals surface area contributed by atoms with Crippen molar-refractivity contribution in [2.45, 2.75) is 12.5 Å². The number of hydrogen-bond donors (Lipinski definition) is 5. The third kappa shape index (κ3) is 4.19. The van der Waals surface area contributed by atoms with Crippen molar-refractivity contribution in [2.75, 3.05) is 16.4 Å². The summed E-state index contributed by atoms with van der Waals surface area (Å²) < 4.78 is 52.2.